The van der Waals surface area contributed by atoms with Gasteiger partial charge in [-0.25, -0.2) is 9.97 Å². The molecule has 172 valence electrons. The number of nitrogens with zero attached hydrogens (tertiary/aromatic N) is 3. The Balaban J connectivity index is 1.52. The second-order valence-corrected chi connectivity index (χ2v) is 9.25. The molecule has 6 rings (SSSR count). The SMILES string of the molecule is O=C(O)CCc1nc(N2[C@@H]3CC[C@H]2CNC3)c2ccc(-c3cc(O)cc4ccccc34)cc2n1. The Morgan fingerprint density at radius 1 is 1.00 bits per heavy atom. The number of aromatic nitrogens is 2. The van der Waals surface area contributed by atoms with Gasteiger partial charge in [0.05, 0.1) is 11.9 Å². The number of piperazine rings is 1. The second kappa shape index (κ2) is 8.25. The van der Waals surface area contributed by atoms with E-state index in [4.69, 9.17) is 9.97 Å². The van der Waals surface area contributed by atoms with Crippen LogP contribution in [0.4, 0.5) is 5.82 Å². The van der Waals surface area contributed by atoms with Crippen LogP contribution < -0.4 is 10.2 Å². The number of carbonyl (C=O) groups is 1. The molecule has 7 heteroatoms. The van der Waals surface area contributed by atoms with E-state index >= 15 is 0 Å². The minimum absolute atomic E-state index is 0.00372. The molecule has 7 nitrogen and oxygen atoms in total. The predicted octanol–water partition coefficient (Wildman–Crippen LogP) is 4.11. The third-order valence-electron chi connectivity index (χ3n) is 7.07. The van der Waals surface area contributed by atoms with Crippen molar-refractivity contribution in [2.75, 3.05) is 18.0 Å². The Hall–Kier alpha value is -3.71. The Bertz CT molecular complexity index is 1400. The summed E-state index contributed by atoms with van der Waals surface area (Å²) in [6.45, 7) is 1.86. The number of fused-ring (bicyclic) bond motifs is 4. The van der Waals surface area contributed by atoms with Crippen LogP contribution in [-0.4, -0.2) is 51.3 Å². The highest BCUT2D eigenvalue weighted by atomic mass is 16.4. The molecule has 0 aliphatic carbocycles. The van der Waals surface area contributed by atoms with Gasteiger partial charge in [-0.3, -0.25) is 4.79 Å². The zero-order valence-corrected chi connectivity index (χ0v) is 18.7. The molecule has 2 atom stereocenters. The fraction of sp³-hybridized carbons (Fsp3) is 0.296. The molecule has 2 fully saturated rings. The zero-order valence-electron chi connectivity index (χ0n) is 18.7. The average molecular weight is 455 g/mol. The molecule has 1 aromatic heterocycles. The number of carboxylic acid groups (broad SMARTS) is 1. The summed E-state index contributed by atoms with van der Waals surface area (Å²) < 4.78 is 0. The normalized spacial score (nSPS) is 19.7. The minimum atomic E-state index is -0.854. The molecule has 2 aliphatic rings. The van der Waals surface area contributed by atoms with Crippen LogP contribution in [0.2, 0.25) is 0 Å². The van der Waals surface area contributed by atoms with Crippen LogP contribution in [0.1, 0.15) is 25.1 Å². The van der Waals surface area contributed by atoms with Gasteiger partial charge in [0.1, 0.15) is 17.4 Å². The van der Waals surface area contributed by atoms with E-state index in [2.05, 4.69) is 28.4 Å². The van der Waals surface area contributed by atoms with Crippen molar-refractivity contribution in [3.05, 3.63) is 60.4 Å². The summed E-state index contributed by atoms with van der Waals surface area (Å²) in [5.41, 5.74) is 2.69. The number of aromatic hydroxyl groups is 1. The molecule has 2 bridgehead atoms. The zero-order chi connectivity index (χ0) is 23.2. The molecule has 2 aliphatic heterocycles. The molecule has 4 aromatic rings. The van der Waals surface area contributed by atoms with E-state index in [-0.39, 0.29) is 12.2 Å². The number of hydrogen-bond acceptors (Lipinski definition) is 6. The lowest BCUT2D eigenvalue weighted by molar-refractivity contribution is -0.137. The van der Waals surface area contributed by atoms with E-state index in [1.807, 2.05) is 24.3 Å². The van der Waals surface area contributed by atoms with Crippen LogP contribution in [0.15, 0.2) is 54.6 Å². The maximum atomic E-state index is 11.2. The van der Waals surface area contributed by atoms with Gasteiger partial charge >= 0.3 is 5.97 Å². The van der Waals surface area contributed by atoms with Gasteiger partial charge in [-0.05, 0) is 59.0 Å². The number of benzene rings is 3. The molecular weight excluding hydrogens is 428 g/mol. The van der Waals surface area contributed by atoms with Gasteiger partial charge in [0.25, 0.3) is 0 Å². The number of rotatable bonds is 5. The van der Waals surface area contributed by atoms with Gasteiger partial charge in [0.15, 0.2) is 0 Å². The lowest BCUT2D eigenvalue weighted by Crippen LogP contribution is -2.52. The summed E-state index contributed by atoms with van der Waals surface area (Å²) in [5, 5.41) is 26.1. The Morgan fingerprint density at radius 3 is 2.59 bits per heavy atom. The van der Waals surface area contributed by atoms with Crippen LogP contribution in [0.5, 0.6) is 5.75 Å². The molecule has 0 saturated carbocycles. The van der Waals surface area contributed by atoms with Crippen molar-refractivity contribution in [1.82, 2.24) is 15.3 Å². The van der Waals surface area contributed by atoms with Gasteiger partial charge in [-0.2, -0.15) is 0 Å². The first kappa shape index (κ1) is 20.9. The summed E-state index contributed by atoms with van der Waals surface area (Å²) in [6.07, 6.45) is 2.54. The van der Waals surface area contributed by atoms with Crippen LogP contribution in [0.25, 0.3) is 32.8 Å². The number of carboxylic acids is 1. The molecule has 34 heavy (non-hydrogen) atoms. The third-order valence-corrected chi connectivity index (χ3v) is 7.07. The molecule has 3 aromatic carbocycles. The van der Waals surface area contributed by atoms with E-state index in [1.54, 1.807) is 12.1 Å². The highest BCUT2D eigenvalue weighted by Crippen LogP contribution is 2.38. The van der Waals surface area contributed by atoms with Crippen molar-refractivity contribution in [3.63, 3.8) is 0 Å². The number of aryl methyl sites for hydroxylation is 1. The Labute approximate surface area is 197 Å². The van der Waals surface area contributed by atoms with Gasteiger partial charge < -0.3 is 20.4 Å². The van der Waals surface area contributed by atoms with Crippen molar-refractivity contribution in [3.8, 4) is 16.9 Å². The number of anilines is 1. The molecule has 0 amide bonds. The van der Waals surface area contributed by atoms with E-state index in [0.29, 0.717) is 24.3 Å². The number of aliphatic carboxylic acids is 1. The van der Waals surface area contributed by atoms with Crippen LogP contribution >= 0.6 is 0 Å². The monoisotopic (exact) mass is 454 g/mol. The van der Waals surface area contributed by atoms with Crippen molar-refractivity contribution in [2.45, 2.75) is 37.8 Å². The van der Waals surface area contributed by atoms with E-state index in [1.165, 1.54) is 0 Å². The second-order valence-electron chi connectivity index (χ2n) is 9.25. The molecule has 2 saturated heterocycles. The summed E-state index contributed by atoms with van der Waals surface area (Å²) in [4.78, 5) is 23.3. The fourth-order valence-electron chi connectivity index (χ4n) is 5.51. The average Bonchev–Trinajstić information content (AvgIpc) is 3.08. The predicted molar refractivity (Wildman–Crippen MR) is 132 cm³/mol. The van der Waals surface area contributed by atoms with Gasteiger partial charge in [-0.15, -0.1) is 0 Å². The lowest BCUT2D eigenvalue weighted by atomic mass is 9.97. The third kappa shape index (κ3) is 3.62. The summed E-state index contributed by atoms with van der Waals surface area (Å²) in [7, 11) is 0. The van der Waals surface area contributed by atoms with E-state index in [0.717, 1.165) is 64.6 Å². The van der Waals surface area contributed by atoms with E-state index in [9.17, 15) is 15.0 Å². The highest BCUT2D eigenvalue weighted by molar-refractivity contribution is 6.01. The summed E-state index contributed by atoms with van der Waals surface area (Å²) in [5.74, 6) is 0.830. The molecule has 0 unspecified atom stereocenters. The first-order valence-corrected chi connectivity index (χ1v) is 11.8. The van der Waals surface area contributed by atoms with Crippen molar-refractivity contribution in [1.29, 1.82) is 0 Å². The Morgan fingerprint density at radius 2 is 1.79 bits per heavy atom. The number of hydrogen-bond donors (Lipinski definition) is 3. The standard InChI is InChI=1S/C27H26N4O3/c32-20-11-16-3-1-2-4-21(16)23(13-20)17-5-8-22-24(12-17)29-25(9-10-26(33)34)30-27(22)31-18-6-7-19(31)15-28-14-18/h1-5,8,11-13,18-19,28,32H,6-7,9-10,14-15H2,(H,33,34)/t18-,19+. The smallest absolute Gasteiger partial charge is 0.303 e. The summed E-state index contributed by atoms with van der Waals surface area (Å²) >= 11 is 0. The summed E-state index contributed by atoms with van der Waals surface area (Å²) in [6, 6.07) is 18.5. The van der Waals surface area contributed by atoms with Crippen LogP contribution in [-0.2, 0) is 11.2 Å². The number of phenols is 1. The van der Waals surface area contributed by atoms with Gasteiger partial charge in [-0.1, -0.05) is 30.3 Å². The highest BCUT2D eigenvalue weighted by Gasteiger charge is 2.38. The number of phenolic OH excluding ortho intramolecular Hbond substituents is 1. The van der Waals surface area contributed by atoms with Crippen molar-refractivity contribution < 1.29 is 15.0 Å². The first-order chi connectivity index (χ1) is 16.6. The maximum absolute atomic E-state index is 11.2. The van der Waals surface area contributed by atoms with Crippen molar-refractivity contribution >= 4 is 33.5 Å². The topological polar surface area (TPSA) is 98.6 Å². The lowest BCUT2D eigenvalue weighted by Gasteiger charge is -2.37. The Kier molecular flexibility index (Phi) is 5.07. The van der Waals surface area contributed by atoms with Crippen LogP contribution in [0, 0.1) is 0 Å². The maximum Gasteiger partial charge on any atom is 0.303 e. The van der Waals surface area contributed by atoms with E-state index < -0.39 is 5.97 Å². The van der Waals surface area contributed by atoms with Crippen molar-refractivity contribution in [2.24, 2.45) is 0 Å². The molecular formula is C27H26N4O3. The number of nitrogens with one attached hydrogen (secondary N) is 1. The first-order valence-electron chi connectivity index (χ1n) is 11.8. The van der Waals surface area contributed by atoms with Gasteiger partial charge in [0, 0.05) is 37.0 Å². The minimum Gasteiger partial charge on any atom is -0.508 e. The molecule has 3 N–H and O–H groups in total. The molecule has 0 spiro atoms. The fourth-order valence-corrected chi connectivity index (χ4v) is 5.51. The molecule has 3 heterocycles. The van der Waals surface area contributed by atoms with Crippen LogP contribution in [0.3, 0.4) is 0 Å². The largest absolute Gasteiger partial charge is 0.508 e. The van der Waals surface area contributed by atoms with Gasteiger partial charge in [0.2, 0.25) is 0 Å². The molecule has 0 radical (unpaired) electrons. The quantitative estimate of drug-likeness (QED) is 0.417.